The van der Waals surface area contributed by atoms with Crippen LogP contribution in [0.1, 0.15) is 47.0 Å². The molecule has 0 spiro atoms. The molecule has 0 rings (SSSR count). The SMILES string of the molecule is CCC(CCBr)CNS(=O)(=O)CCC(C)(C)C. The number of rotatable bonds is 8. The standard InChI is InChI=1S/C12H26BrNO2S/c1-5-11(6-8-13)10-14-17(15,16)9-7-12(2,3)4/h11,14H,5-10H2,1-4H3. The van der Waals surface area contributed by atoms with Gasteiger partial charge in [0, 0.05) is 11.9 Å². The number of hydrogen-bond acceptors (Lipinski definition) is 2. The van der Waals surface area contributed by atoms with Gasteiger partial charge in [-0.1, -0.05) is 50.0 Å². The Bertz CT molecular complexity index is 296. The molecule has 0 heterocycles. The van der Waals surface area contributed by atoms with E-state index in [9.17, 15) is 8.42 Å². The molecule has 104 valence electrons. The molecule has 0 aliphatic carbocycles. The van der Waals surface area contributed by atoms with Crippen LogP contribution < -0.4 is 4.72 Å². The van der Waals surface area contributed by atoms with E-state index in [2.05, 4.69) is 48.3 Å². The Morgan fingerprint density at radius 3 is 2.29 bits per heavy atom. The van der Waals surface area contributed by atoms with Gasteiger partial charge in [-0.25, -0.2) is 13.1 Å². The van der Waals surface area contributed by atoms with E-state index in [1.54, 1.807) is 0 Å². The molecule has 1 unspecified atom stereocenters. The van der Waals surface area contributed by atoms with Gasteiger partial charge in [-0.05, 0) is 24.2 Å². The third-order valence-corrected chi connectivity index (χ3v) is 4.61. The fourth-order valence-corrected chi connectivity index (χ4v) is 3.52. The van der Waals surface area contributed by atoms with Gasteiger partial charge in [0.15, 0.2) is 0 Å². The number of hydrogen-bond donors (Lipinski definition) is 1. The summed E-state index contributed by atoms with van der Waals surface area (Å²) in [6.07, 6.45) is 2.71. The number of sulfonamides is 1. The maximum atomic E-state index is 11.8. The van der Waals surface area contributed by atoms with E-state index in [1.165, 1.54) is 0 Å². The molecular weight excluding hydrogens is 302 g/mol. The van der Waals surface area contributed by atoms with Gasteiger partial charge in [-0.15, -0.1) is 0 Å². The molecule has 0 fully saturated rings. The number of nitrogens with one attached hydrogen (secondary N) is 1. The highest BCUT2D eigenvalue weighted by Crippen LogP contribution is 2.19. The van der Waals surface area contributed by atoms with Crippen LogP contribution in [0.4, 0.5) is 0 Å². The topological polar surface area (TPSA) is 46.2 Å². The van der Waals surface area contributed by atoms with Gasteiger partial charge in [0.2, 0.25) is 10.0 Å². The molecule has 0 aromatic rings. The van der Waals surface area contributed by atoms with Crippen LogP contribution in [0.15, 0.2) is 0 Å². The van der Waals surface area contributed by atoms with Crippen molar-refractivity contribution in [2.75, 3.05) is 17.6 Å². The zero-order valence-corrected chi connectivity index (χ0v) is 13.8. The summed E-state index contributed by atoms with van der Waals surface area (Å²) < 4.78 is 26.3. The molecule has 1 atom stereocenters. The molecule has 5 heteroatoms. The molecule has 3 nitrogen and oxygen atoms in total. The number of halogens is 1. The first-order chi connectivity index (χ1) is 7.70. The van der Waals surface area contributed by atoms with Crippen molar-refractivity contribution >= 4 is 26.0 Å². The van der Waals surface area contributed by atoms with E-state index in [4.69, 9.17) is 0 Å². The van der Waals surface area contributed by atoms with Gasteiger partial charge in [0.1, 0.15) is 0 Å². The van der Waals surface area contributed by atoms with Crippen molar-refractivity contribution in [1.82, 2.24) is 4.72 Å². The summed E-state index contributed by atoms with van der Waals surface area (Å²) in [4.78, 5) is 0. The highest BCUT2D eigenvalue weighted by Gasteiger charge is 2.18. The predicted octanol–water partition coefficient (Wildman–Crippen LogP) is 3.15. The van der Waals surface area contributed by atoms with Crippen LogP contribution in [0.25, 0.3) is 0 Å². The van der Waals surface area contributed by atoms with Gasteiger partial charge >= 0.3 is 0 Å². The van der Waals surface area contributed by atoms with E-state index in [-0.39, 0.29) is 11.2 Å². The minimum Gasteiger partial charge on any atom is -0.215 e. The number of alkyl halides is 1. The Labute approximate surface area is 115 Å². The van der Waals surface area contributed by atoms with Gasteiger partial charge in [0.25, 0.3) is 0 Å². The minimum absolute atomic E-state index is 0.0643. The fourth-order valence-electron chi connectivity index (χ4n) is 1.36. The lowest BCUT2D eigenvalue weighted by atomic mass is 9.94. The van der Waals surface area contributed by atoms with Crippen molar-refractivity contribution in [3.8, 4) is 0 Å². The predicted molar refractivity (Wildman–Crippen MR) is 78.1 cm³/mol. The summed E-state index contributed by atoms with van der Waals surface area (Å²) in [5.41, 5.74) is 0.0643. The Kier molecular flexibility index (Phi) is 7.92. The summed E-state index contributed by atoms with van der Waals surface area (Å²) in [6.45, 7) is 8.83. The van der Waals surface area contributed by atoms with Crippen LogP contribution in [-0.4, -0.2) is 26.0 Å². The van der Waals surface area contributed by atoms with E-state index < -0.39 is 10.0 Å². The second-order valence-electron chi connectivity index (χ2n) is 5.73. The van der Waals surface area contributed by atoms with Gasteiger partial charge in [-0.3, -0.25) is 0 Å². The molecule has 0 aromatic carbocycles. The molecule has 17 heavy (non-hydrogen) atoms. The fraction of sp³-hybridized carbons (Fsp3) is 1.00. The van der Waals surface area contributed by atoms with Crippen LogP contribution in [0.5, 0.6) is 0 Å². The van der Waals surface area contributed by atoms with Crippen LogP contribution in [-0.2, 0) is 10.0 Å². The smallest absolute Gasteiger partial charge is 0.211 e. The van der Waals surface area contributed by atoms with Gasteiger partial charge in [0.05, 0.1) is 5.75 Å². The molecule has 0 aliphatic rings. The van der Waals surface area contributed by atoms with Crippen LogP contribution in [0.3, 0.4) is 0 Å². The van der Waals surface area contributed by atoms with Crippen molar-refractivity contribution in [3.63, 3.8) is 0 Å². The van der Waals surface area contributed by atoms with E-state index in [1.807, 2.05) is 0 Å². The van der Waals surface area contributed by atoms with Crippen LogP contribution in [0, 0.1) is 11.3 Å². The third kappa shape index (κ3) is 10.0. The molecule has 0 saturated heterocycles. The summed E-state index contributed by atoms with van der Waals surface area (Å²) in [5, 5.41) is 0.926. The van der Waals surface area contributed by atoms with Crippen LogP contribution >= 0.6 is 15.9 Å². The largest absolute Gasteiger partial charge is 0.215 e. The van der Waals surface area contributed by atoms with E-state index >= 15 is 0 Å². The maximum Gasteiger partial charge on any atom is 0.211 e. The van der Waals surface area contributed by atoms with E-state index in [0.29, 0.717) is 18.9 Å². The van der Waals surface area contributed by atoms with Crippen molar-refractivity contribution < 1.29 is 8.42 Å². The van der Waals surface area contributed by atoms with Crippen molar-refractivity contribution in [3.05, 3.63) is 0 Å². The summed E-state index contributed by atoms with van der Waals surface area (Å²) >= 11 is 3.39. The molecule has 0 amide bonds. The Hall–Kier alpha value is 0.390. The molecule has 0 saturated carbocycles. The molecule has 0 aliphatic heterocycles. The quantitative estimate of drug-likeness (QED) is 0.696. The maximum absolute atomic E-state index is 11.8. The monoisotopic (exact) mass is 327 g/mol. The second kappa shape index (κ2) is 7.74. The van der Waals surface area contributed by atoms with Crippen molar-refractivity contribution in [2.24, 2.45) is 11.3 Å². The molecule has 0 aromatic heterocycles. The second-order valence-corrected chi connectivity index (χ2v) is 8.45. The van der Waals surface area contributed by atoms with Gasteiger partial charge in [-0.2, -0.15) is 0 Å². The Balaban J connectivity index is 4.09. The third-order valence-electron chi connectivity index (χ3n) is 2.81. The Morgan fingerprint density at radius 2 is 1.88 bits per heavy atom. The summed E-state index contributed by atoms with van der Waals surface area (Å²) in [5.74, 6) is 0.653. The van der Waals surface area contributed by atoms with Crippen molar-refractivity contribution in [1.29, 1.82) is 0 Å². The van der Waals surface area contributed by atoms with Gasteiger partial charge < -0.3 is 0 Å². The lowest BCUT2D eigenvalue weighted by Gasteiger charge is -2.19. The zero-order chi connectivity index (χ0) is 13.5. The summed E-state index contributed by atoms with van der Waals surface area (Å²) in [7, 11) is -3.10. The highest BCUT2D eigenvalue weighted by molar-refractivity contribution is 9.09. The zero-order valence-electron chi connectivity index (χ0n) is 11.4. The normalized spacial score (nSPS) is 14.9. The average molecular weight is 328 g/mol. The average Bonchev–Trinajstić information content (AvgIpc) is 2.21. The first kappa shape index (κ1) is 17.4. The first-order valence-corrected chi connectivity index (χ1v) is 9.01. The van der Waals surface area contributed by atoms with Crippen molar-refractivity contribution in [2.45, 2.75) is 47.0 Å². The first-order valence-electron chi connectivity index (χ1n) is 6.23. The van der Waals surface area contributed by atoms with E-state index in [0.717, 1.165) is 18.2 Å². The molecule has 1 N–H and O–H groups in total. The minimum atomic E-state index is -3.10. The Morgan fingerprint density at radius 1 is 1.29 bits per heavy atom. The summed E-state index contributed by atoms with van der Waals surface area (Å²) in [6, 6.07) is 0. The molecular formula is C12H26BrNO2S. The lowest BCUT2D eigenvalue weighted by molar-refractivity contribution is 0.395. The lowest BCUT2D eigenvalue weighted by Crippen LogP contribution is -2.32. The van der Waals surface area contributed by atoms with Crippen LogP contribution in [0.2, 0.25) is 0 Å². The molecule has 0 bridgehead atoms. The highest BCUT2D eigenvalue weighted by atomic mass is 79.9. The molecule has 0 radical (unpaired) electrons.